The van der Waals surface area contributed by atoms with Gasteiger partial charge in [0, 0.05) is 29.3 Å². The quantitative estimate of drug-likeness (QED) is 0.687. The molecule has 1 aromatic carbocycles. The van der Waals surface area contributed by atoms with Crippen molar-refractivity contribution in [2.75, 3.05) is 26.4 Å². The summed E-state index contributed by atoms with van der Waals surface area (Å²) in [6.07, 6.45) is 2.37. The maximum Gasteiger partial charge on any atom is 0.254 e. The van der Waals surface area contributed by atoms with Gasteiger partial charge in [-0.05, 0) is 36.5 Å². The molecule has 0 N–H and O–H groups in total. The summed E-state index contributed by atoms with van der Waals surface area (Å²) in [6, 6.07) is 11.7. The SMILES string of the molecule is CC(C)c1cc(OCC2COCCO2)cc(=O)n1Cc1ccc(C#CC2CC2)cc1. The molecule has 1 saturated heterocycles. The molecular formula is C25H29NO4. The van der Waals surface area contributed by atoms with Crippen molar-refractivity contribution in [2.24, 2.45) is 5.92 Å². The van der Waals surface area contributed by atoms with Gasteiger partial charge >= 0.3 is 0 Å². The van der Waals surface area contributed by atoms with Gasteiger partial charge in [-0.1, -0.05) is 37.8 Å². The third kappa shape index (κ3) is 5.53. The topological polar surface area (TPSA) is 49.7 Å². The van der Waals surface area contributed by atoms with Crippen LogP contribution in [0.3, 0.4) is 0 Å². The number of pyridine rings is 1. The Hall–Kier alpha value is -2.55. The van der Waals surface area contributed by atoms with Gasteiger partial charge in [-0.25, -0.2) is 0 Å². The van der Waals surface area contributed by atoms with Gasteiger partial charge in [-0.2, -0.15) is 0 Å². The number of aromatic nitrogens is 1. The molecule has 1 aromatic heterocycles. The van der Waals surface area contributed by atoms with Crippen LogP contribution in [0.5, 0.6) is 5.75 Å². The fourth-order valence-electron chi connectivity index (χ4n) is 3.43. The van der Waals surface area contributed by atoms with E-state index in [1.807, 2.05) is 22.8 Å². The van der Waals surface area contributed by atoms with Crippen molar-refractivity contribution in [3.05, 3.63) is 63.6 Å². The van der Waals surface area contributed by atoms with Gasteiger partial charge < -0.3 is 18.8 Å². The fraction of sp³-hybridized carbons (Fsp3) is 0.480. The van der Waals surface area contributed by atoms with Gasteiger partial charge in [0.2, 0.25) is 0 Å². The maximum atomic E-state index is 12.9. The molecule has 1 aliphatic carbocycles. The van der Waals surface area contributed by atoms with Crippen LogP contribution in [0, 0.1) is 17.8 Å². The predicted octanol–water partition coefficient (Wildman–Crippen LogP) is 3.58. The van der Waals surface area contributed by atoms with Crippen molar-refractivity contribution < 1.29 is 14.2 Å². The Balaban J connectivity index is 1.47. The van der Waals surface area contributed by atoms with Gasteiger partial charge in [0.05, 0.1) is 26.4 Å². The summed E-state index contributed by atoms with van der Waals surface area (Å²) in [5.74, 6) is 7.88. The molecule has 1 unspecified atom stereocenters. The monoisotopic (exact) mass is 407 g/mol. The molecule has 1 aliphatic heterocycles. The lowest BCUT2D eigenvalue weighted by Crippen LogP contribution is -2.33. The largest absolute Gasteiger partial charge is 0.491 e. The maximum absolute atomic E-state index is 12.9. The lowest BCUT2D eigenvalue weighted by molar-refractivity contribution is -0.101. The van der Waals surface area contributed by atoms with E-state index in [9.17, 15) is 4.79 Å². The molecule has 2 aromatic rings. The number of ether oxygens (including phenoxy) is 3. The van der Waals surface area contributed by atoms with Crippen LogP contribution in [-0.4, -0.2) is 37.1 Å². The van der Waals surface area contributed by atoms with E-state index >= 15 is 0 Å². The molecule has 0 spiro atoms. The average Bonchev–Trinajstić information content (AvgIpc) is 3.58. The molecule has 2 fully saturated rings. The van der Waals surface area contributed by atoms with E-state index < -0.39 is 0 Å². The first-order chi connectivity index (χ1) is 14.6. The molecule has 4 rings (SSSR count). The van der Waals surface area contributed by atoms with Crippen molar-refractivity contribution in [1.82, 2.24) is 4.57 Å². The van der Waals surface area contributed by atoms with Crippen LogP contribution in [0.1, 0.15) is 49.4 Å². The third-order valence-corrected chi connectivity index (χ3v) is 5.34. The number of hydrogen-bond acceptors (Lipinski definition) is 4. The van der Waals surface area contributed by atoms with Crippen LogP contribution in [0.15, 0.2) is 41.2 Å². The molecule has 30 heavy (non-hydrogen) atoms. The molecule has 1 saturated carbocycles. The zero-order chi connectivity index (χ0) is 20.9. The molecule has 5 nitrogen and oxygen atoms in total. The number of rotatable bonds is 6. The van der Waals surface area contributed by atoms with Gasteiger partial charge in [-0.15, -0.1) is 0 Å². The van der Waals surface area contributed by atoms with Crippen molar-refractivity contribution in [3.8, 4) is 17.6 Å². The van der Waals surface area contributed by atoms with Crippen LogP contribution in [0.4, 0.5) is 0 Å². The van der Waals surface area contributed by atoms with Gasteiger partial charge in [-0.3, -0.25) is 4.79 Å². The van der Waals surface area contributed by atoms with Crippen molar-refractivity contribution >= 4 is 0 Å². The Bertz CT molecular complexity index is 971. The number of nitrogens with zero attached hydrogens (tertiary/aromatic N) is 1. The first kappa shape index (κ1) is 20.7. The lowest BCUT2D eigenvalue weighted by atomic mass is 10.1. The number of benzene rings is 1. The van der Waals surface area contributed by atoms with Crippen molar-refractivity contribution in [1.29, 1.82) is 0 Å². The van der Waals surface area contributed by atoms with Gasteiger partial charge in [0.1, 0.15) is 18.5 Å². The third-order valence-electron chi connectivity index (χ3n) is 5.34. The van der Waals surface area contributed by atoms with E-state index in [-0.39, 0.29) is 17.6 Å². The summed E-state index contributed by atoms with van der Waals surface area (Å²) in [5.41, 5.74) is 3.00. The van der Waals surface area contributed by atoms with Crippen molar-refractivity contribution in [2.45, 2.75) is 45.3 Å². The summed E-state index contributed by atoms with van der Waals surface area (Å²) < 4.78 is 18.7. The highest BCUT2D eigenvalue weighted by Crippen LogP contribution is 2.27. The van der Waals surface area contributed by atoms with Crippen LogP contribution in [0.25, 0.3) is 0 Å². The highest BCUT2D eigenvalue weighted by Gasteiger charge is 2.18. The fourth-order valence-corrected chi connectivity index (χ4v) is 3.43. The molecule has 0 amide bonds. The Labute approximate surface area is 178 Å². The average molecular weight is 408 g/mol. The van der Waals surface area contributed by atoms with E-state index in [0.29, 0.717) is 44.6 Å². The molecule has 158 valence electrons. The normalized spacial score (nSPS) is 18.7. The Morgan fingerprint density at radius 1 is 1.17 bits per heavy atom. The minimum absolute atomic E-state index is 0.0605. The minimum atomic E-state index is -0.0924. The zero-order valence-corrected chi connectivity index (χ0v) is 17.7. The Kier molecular flexibility index (Phi) is 6.56. The molecule has 2 heterocycles. The first-order valence-electron chi connectivity index (χ1n) is 10.8. The van der Waals surface area contributed by atoms with E-state index in [1.165, 1.54) is 12.8 Å². The summed E-state index contributed by atoms with van der Waals surface area (Å²) in [7, 11) is 0. The van der Waals surface area contributed by atoms with Crippen LogP contribution in [0.2, 0.25) is 0 Å². The second-order valence-electron chi connectivity index (χ2n) is 8.31. The van der Waals surface area contributed by atoms with E-state index in [0.717, 1.165) is 16.8 Å². The summed E-state index contributed by atoms with van der Waals surface area (Å²) in [6.45, 7) is 6.81. The highest BCUT2D eigenvalue weighted by molar-refractivity contribution is 5.37. The molecule has 0 radical (unpaired) electrons. The minimum Gasteiger partial charge on any atom is -0.491 e. The molecule has 2 aliphatic rings. The second-order valence-corrected chi connectivity index (χ2v) is 8.31. The van der Waals surface area contributed by atoms with Crippen LogP contribution in [-0.2, 0) is 16.0 Å². The lowest BCUT2D eigenvalue weighted by Gasteiger charge is -2.23. The second kappa shape index (κ2) is 9.51. The van der Waals surface area contributed by atoms with E-state index in [2.05, 4.69) is 37.8 Å². The van der Waals surface area contributed by atoms with Gasteiger partial charge in [0.25, 0.3) is 5.56 Å². The predicted molar refractivity (Wildman–Crippen MR) is 116 cm³/mol. The molecule has 1 atom stereocenters. The highest BCUT2D eigenvalue weighted by atomic mass is 16.6. The van der Waals surface area contributed by atoms with E-state index in [4.69, 9.17) is 14.2 Å². The van der Waals surface area contributed by atoms with E-state index in [1.54, 1.807) is 6.07 Å². The first-order valence-corrected chi connectivity index (χ1v) is 10.8. The Morgan fingerprint density at radius 3 is 2.63 bits per heavy atom. The molecular weight excluding hydrogens is 378 g/mol. The van der Waals surface area contributed by atoms with Crippen LogP contribution < -0.4 is 10.3 Å². The molecule has 0 bridgehead atoms. The van der Waals surface area contributed by atoms with Crippen LogP contribution >= 0.6 is 0 Å². The number of hydrogen-bond donors (Lipinski definition) is 0. The summed E-state index contributed by atoms with van der Waals surface area (Å²) >= 11 is 0. The van der Waals surface area contributed by atoms with Crippen molar-refractivity contribution in [3.63, 3.8) is 0 Å². The summed E-state index contributed by atoms with van der Waals surface area (Å²) in [4.78, 5) is 12.9. The Morgan fingerprint density at radius 2 is 1.97 bits per heavy atom. The smallest absolute Gasteiger partial charge is 0.254 e. The summed E-state index contributed by atoms with van der Waals surface area (Å²) in [5, 5.41) is 0. The molecule has 5 heteroatoms. The standard InChI is InChI=1S/C25H29NO4/c1-18(2)24-13-22(30-17-23-16-28-11-12-29-23)14-25(27)26(24)15-21-9-7-20(8-10-21)6-5-19-3-4-19/h7-10,13-14,18-19,23H,3-4,11-12,15-17H2,1-2H3. The van der Waals surface area contributed by atoms with Gasteiger partial charge in [0.15, 0.2) is 0 Å². The zero-order valence-electron chi connectivity index (χ0n) is 17.7.